The maximum Gasteiger partial charge on any atom is 0.350 e. The molecule has 0 aliphatic carbocycles. The van der Waals surface area contributed by atoms with Gasteiger partial charge in [0.05, 0.1) is 46.8 Å². The van der Waals surface area contributed by atoms with Crippen molar-refractivity contribution in [1.29, 1.82) is 5.26 Å². The molecule has 12 heteroatoms. The quantitative estimate of drug-likeness (QED) is 0.183. The minimum absolute atomic E-state index is 0.163. The zero-order valence-corrected chi connectivity index (χ0v) is 20.5. The Labute approximate surface area is 201 Å². The summed E-state index contributed by atoms with van der Waals surface area (Å²) in [6.07, 6.45) is -0.813. The molecule has 0 spiro atoms. The van der Waals surface area contributed by atoms with Gasteiger partial charge in [-0.15, -0.1) is 0 Å². The first-order valence-electron chi connectivity index (χ1n) is 9.10. The van der Waals surface area contributed by atoms with E-state index in [9.17, 15) is 25.1 Å². The van der Waals surface area contributed by atoms with Crippen molar-refractivity contribution in [2.45, 2.75) is 59.5 Å². The lowest BCUT2D eigenvalue weighted by Gasteiger charge is -2.08. The third-order valence-corrected chi connectivity index (χ3v) is 8.96. The Morgan fingerprint density at radius 2 is 1.28 bits per heavy atom. The summed E-state index contributed by atoms with van der Waals surface area (Å²) in [5, 5.41) is 31.1. The standard InChI is InChI=1S/C20H16N2O6S4/c1-7(2)27-17(25)9(6-21)19-29-13-11(23)15-16(12(24)14(13)30-19)32-20(31-15)10(22-5)18(26)28-8(3)4/h7-8,23-24H,1-4H3. The van der Waals surface area contributed by atoms with Crippen LogP contribution in [-0.2, 0) is 19.1 Å². The van der Waals surface area contributed by atoms with Crippen molar-refractivity contribution in [2.75, 3.05) is 0 Å². The van der Waals surface area contributed by atoms with Crippen LogP contribution in [0.4, 0.5) is 0 Å². The minimum atomic E-state index is -0.781. The van der Waals surface area contributed by atoms with Gasteiger partial charge < -0.3 is 19.7 Å². The summed E-state index contributed by atoms with van der Waals surface area (Å²) in [5.41, 5.74) is -0.440. The van der Waals surface area contributed by atoms with Gasteiger partial charge in [-0.05, 0) is 27.7 Å². The summed E-state index contributed by atoms with van der Waals surface area (Å²) in [6, 6.07) is 1.84. The second-order valence-electron chi connectivity index (χ2n) is 6.85. The van der Waals surface area contributed by atoms with Gasteiger partial charge in [0.15, 0.2) is 5.57 Å². The molecule has 166 valence electrons. The predicted octanol–water partition coefficient (Wildman–Crippen LogP) is 5.22. The average molecular weight is 509 g/mol. The maximum absolute atomic E-state index is 12.3. The van der Waals surface area contributed by atoms with Crippen molar-refractivity contribution in [3.8, 4) is 17.6 Å². The van der Waals surface area contributed by atoms with E-state index in [1.54, 1.807) is 27.7 Å². The monoisotopic (exact) mass is 508 g/mol. The highest BCUT2D eigenvalue weighted by atomic mass is 32.2. The van der Waals surface area contributed by atoms with Crippen molar-refractivity contribution < 1.29 is 29.3 Å². The van der Waals surface area contributed by atoms with E-state index in [0.29, 0.717) is 4.24 Å². The molecule has 0 saturated carbocycles. The molecular weight excluding hydrogens is 492 g/mol. The lowest BCUT2D eigenvalue weighted by Crippen LogP contribution is -2.13. The number of carbonyl (C=O) groups is 2. The number of aromatic hydroxyl groups is 2. The van der Waals surface area contributed by atoms with Crippen LogP contribution in [-0.4, -0.2) is 34.4 Å². The van der Waals surface area contributed by atoms with Gasteiger partial charge in [0.1, 0.15) is 17.6 Å². The van der Waals surface area contributed by atoms with E-state index in [0.717, 1.165) is 47.0 Å². The number of thioether (sulfide) groups is 4. The number of hydrogen-bond acceptors (Lipinski definition) is 11. The van der Waals surface area contributed by atoms with Gasteiger partial charge in [-0.1, -0.05) is 47.0 Å². The van der Waals surface area contributed by atoms with Crippen LogP contribution in [0.15, 0.2) is 39.3 Å². The van der Waals surface area contributed by atoms with Crippen LogP contribution in [0, 0.1) is 17.9 Å². The first-order valence-corrected chi connectivity index (χ1v) is 12.4. The largest absolute Gasteiger partial charge is 0.505 e. The van der Waals surface area contributed by atoms with E-state index >= 15 is 0 Å². The Kier molecular flexibility index (Phi) is 7.30. The highest BCUT2D eigenvalue weighted by Gasteiger charge is 2.38. The van der Waals surface area contributed by atoms with Gasteiger partial charge in [0.25, 0.3) is 5.70 Å². The zero-order valence-electron chi connectivity index (χ0n) is 17.2. The Morgan fingerprint density at radius 3 is 1.66 bits per heavy atom. The van der Waals surface area contributed by atoms with Crippen molar-refractivity contribution in [3.05, 3.63) is 31.2 Å². The van der Waals surface area contributed by atoms with E-state index in [2.05, 4.69) is 4.85 Å². The van der Waals surface area contributed by atoms with Crippen molar-refractivity contribution in [3.63, 3.8) is 0 Å². The van der Waals surface area contributed by atoms with Crippen molar-refractivity contribution in [2.24, 2.45) is 0 Å². The first kappa shape index (κ1) is 24.3. The van der Waals surface area contributed by atoms with Crippen LogP contribution >= 0.6 is 47.0 Å². The number of phenolic OH excluding ortho intramolecular Hbond substituents is 2. The Hall–Kier alpha value is -2.38. The molecule has 2 heterocycles. The normalized spacial score (nSPS) is 14.0. The van der Waals surface area contributed by atoms with Crippen LogP contribution in [0.1, 0.15) is 27.7 Å². The fourth-order valence-electron chi connectivity index (χ4n) is 2.52. The Bertz CT molecular complexity index is 1040. The van der Waals surface area contributed by atoms with E-state index in [-0.39, 0.29) is 46.6 Å². The lowest BCUT2D eigenvalue weighted by atomic mass is 10.3. The summed E-state index contributed by atoms with van der Waals surface area (Å²) < 4.78 is 10.8. The molecule has 0 radical (unpaired) electrons. The number of fused-ring (bicyclic) bond motifs is 2. The van der Waals surface area contributed by atoms with Crippen molar-refractivity contribution in [1.82, 2.24) is 0 Å². The third kappa shape index (κ3) is 4.55. The summed E-state index contributed by atoms with van der Waals surface area (Å²) in [7, 11) is 0. The Morgan fingerprint density at radius 1 is 0.875 bits per heavy atom. The smallest absolute Gasteiger partial charge is 0.350 e. The Balaban J connectivity index is 2.01. The number of phenols is 2. The predicted molar refractivity (Wildman–Crippen MR) is 122 cm³/mol. The van der Waals surface area contributed by atoms with Gasteiger partial charge in [-0.3, -0.25) is 4.79 Å². The highest BCUT2D eigenvalue weighted by molar-refractivity contribution is 8.26. The van der Waals surface area contributed by atoms with Gasteiger partial charge in [-0.2, -0.15) is 5.26 Å². The third-order valence-electron chi connectivity index (χ3n) is 3.76. The molecule has 0 fully saturated rings. The fraction of sp³-hybridized carbons (Fsp3) is 0.300. The fourth-order valence-corrected chi connectivity index (χ4v) is 7.69. The number of rotatable bonds is 4. The maximum atomic E-state index is 12.3. The van der Waals surface area contributed by atoms with E-state index in [1.165, 1.54) is 0 Å². The van der Waals surface area contributed by atoms with E-state index in [1.807, 2.05) is 6.07 Å². The molecule has 0 bridgehead atoms. The molecule has 0 unspecified atom stereocenters. The molecular formula is C20H16N2O6S4. The lowest BCUT2D eigenvalue weighted by molar-refractivity contribution is -0.143. The summed E-state index contributed by atoms with van der Waals surface area (Å²) in [4.78, 5) is 28.9. The van der Waals surface area contributed by atoms with E-state index < -0.39 is 24.1 Å². The SMILES string of the molecule is [C-]#[N+]C(C(=O)OC(C)C)=C1Sc2c(O)c3c(c(O)c2S1)SC(=C(C#N)C(=O)OC(C)C)S3. The number of esters is 2. The average Bonchev–Trinajstić information content (AvgIpc) is 3.32. The van der Waals surface area contributed by atoms with Crippen LogP contribution in [0.25, 0.3) is 4.85 Å². The first-order chi connectivity index (χ1) is 15.1. The van der Waals surface area contributed by atoms with Gasteiger partial charge in [-0.25, -0.2) is 9.64 Å². The highest BCUT2D eigenvalue weighted by Crippen LogP contribution is 2.67. The second-order valence-corrected chi connectivity index (χ2v) is 11.5. The molecule has 1 aromatic rings. The molecule has 2 aliphatic heterocycles. The molecule has 0 amide bonds. The molecule has 32 heavy (non-hydrogen) atoms. The van der Waals surface area contributed by atoms with Crippen LogP contribution in [0.2, 0.25) is 0 Å². The minimum Gasteiger partial charge on any atom is -0.505 e. The van der Waals surface area contributed by atoms with Crippen LogP contribution < -0.4 is 0 Å². The van der Waals surface area contributed by atoms with Gasteiger partial charge in [0.2, 0.25) is 0 Å². The van der Waals surface area contributed by atoms with Gasteiger partial charge in [0, 0.05) is 0 Å². The molecule has 3 rings (SSSR count). The molecule has 2 N–H and O–H groups in total. The topological polar surface area (TPSA) is 121 Å². The molecule has 0 atom stereocenters. The molecule has 8 nitrogen and oxygen atoms in total. The molecule has 0 saturated heterocycles. The van der Waals surface area contributed by atoms with Crippen molar-refractivity contribution >= 4 is 59.0 Å². The number of nitriles is 1. The summed E-state index contributed by atoms with van der Waals surface area (Å²) >= 11 is 3.93. The number of ether oxygens (including phenoxy) is 2. The number of carbonyl (C=O) groups excluding carboxylic acids is 2. The van der Waals surface area contributed by atoms with Crippen LogP contribution in [0.3, 0.4) is 0 Å². The molecule has 2 aliphatic rings. The van der Waals surface area contributed by atoms with Crippen LogP contribution in [0.5, 0.6) is 11.5 Å². The number of nitrogens with zero attached hydrogens (tertiary/aromatic N) is 2. The number of benzene rings is 1. The van der Waals surface area contributed by atoms with E-state index in [4.69, 9.17) is 16.0 Å². The molecule has 1 aromatic carbocycles. The molecule has 0 aromatic heterocycles. The van der Waals surface area contributed by atoms with Gasteiger partial charge >= 0.3 is 11.9 Å². The summed E-state index contributed by atoms with van der Waals surface area (Å²) in [6.45, 7) is 14.0. The second kappa shape index (κ2) is 9.63. The zero-order chi connectivity index (χ0) is 23.7. The number of hydrogen-bond donors (Lipinski definition) is 2. The summed E-state index contributed by atoms with van der Waals surface area (Å²) in [5.74, 6) is -1.88.